The molecule has 1 rings (SSSR count). The van der Waals surface area contributed by atoms with E-state index < -0.39 is 0 Å². The number of halogens is 1. The zero-order chi connectivity index (χ0) is 15.3. The van der Waals surface area contributed by atoms with Crippen LogP contribution in [0.15, 0.2) is 29.3 Å². The van der Waals surface area contributed by atoms with Gasteiger partial charge >= 0.3 is 0 Å². The van der Waals surface area contributed by atoms with Crippen molar-refractivity contribution in [3.8, 4) is 0 Å². The maximum atomic E-state index is 13.0. The SMILES string of the molecule is CCNC(=NCCCc1cccc(F)c1)NCCOCC. The fourth-order valence-electron chi connectivity index (χ4n) is 1.89. The summed E-state index contributed by atoms with van der Waals surface area (Å²) < 4.78 is 18.3. The number of hydrogen-bond acceptors (Lipinski definition) is 2. The van der Waals surface area contributed by atoms with E-state index in [2.05, 4.69) is 15.6 Å². The van der Waals surface area contributed by atoms with Gasteiger partial charge in [0.25, 0.3) is 0 Å². The summed E-state index contributed by atoms with van der Waals surface area (Å²) in [6.45, 7) is 7.68. The van der Waals surface area contributed by atoms with Crippen LogP contribution in [-0.4, -0.2) is 38.8 Å². The zero-order valence-corrected chi connectivity index (χ0v) is 13.0. The number of hydrogen-bond donors (Lipinski definition) is 2. The molecule has 0 heterocycles. The Bertz CT molecular complexity index is 424. The van der Waals surface area contributed by atoms with Crippen molar-refractivity contribution in [1.29, 1.82) is 0 Å². The van der Waals surface area contributed by atoms with Crippen LogP contribution in [0.1, 0.15) is 25.8 Å². The molecular weight excluding hydrogens is 269 g/mol. The molecule has 0 amide bonds. The van der Waals surface area contributed by atoms with Crippen LogP contribution in [0, 0.1) is 5.82 Å². The fraction of sp³-hybridized carbons (Fsp3) is 0.562. The molecule has 21 heavy (non-hydrogen) atoms. The van der Waals surface area contributed by atoms with Gasteiger partial charge in [-0.05, 0) is 44.4 Å². The molecule has 1 aromatic carbocycles. The van der Waals surface area contributed by atoms with Gasteiger partial charge in [-0.3, -0.25) is 4.99 Å². The molecule has 0 unspecified atom stereocenters. The van der Waals surface area contributed by atoms with Crippen molar-refractivity contribution in [2.24, 2.45) is 4.99 Å². The second-order valence-corrected chi connectivity index (χ2v) is 4.62. The first kappa shape index (κ1) is 17.4. The number of benzene rings is 1. The molecule has 5 heteroatoms. The Hall–Kier alpha value is -1.62. The number of nitrogens with one attached hydrogen (secondary N) is 2. The molecule has 118 valence electrons. The number of nitrogens with zero attached hydrogens (tertiary/aromatic N) is 1. The zero-order valence-electron chi connectivity index (χ0n) is 13.0. The van der Waals surface area contributed by atoms with Crippen molar-refractivity contribution in [2.75, 3.05) is 32.8 Å². The van der Waals surface area contributed by atoms with Gasteiger partial charge in [0.15, 0.2) is 5.96 Å². The Balaban J connectivity index is 2.29. The minimum atomic E-state index is -0.179. The molecule has 0 spiro atoms. The van der Waals surface area contributed by atoms with Gasteiger partial charge in [0.2, 0.25) is 0 Å². The molecule has 1 aromatic rings. The molecule has 2 N–H and O–H groups in total. The van der Waals surface area contributed by atoms with Crippen molar-refractivity contribution in [3.05, 3.63) is 35.6 Å². The van der Waals surface area contributed by atoms with Crippen LogP contribution >= 0.6 is 0 Å². The number of ether oxygens (including phenoxy) is 1. The average molecular weight is 295 g/mol. The van der Waals surface area contributed by atoms with Crippen LogP contribution in [0.25, 0.3) is 0 Å². The van der Waals surface area contributed by atoms with Gasteiger partial charge in [0.1, 0.15) is 5.82 Å². The Labute approximate surface area is 126 Å². The normalized spacial score (nSPS) is 11.5. The summed E-state index contributed by atoms with van der Waals surface area (Å²) in [5.74, 6) is 0.623. The van der Waals surface area contributed by atoms with Gasteiger partial charge in [-0.15, -0.1) is 0 Å². The van der Waals surface area contributed by atoms with Crippen LogP contribution in [-0.2, 0) is 11.2 Å². The third kappa shape index (κ3) is 8.30. The highest BCUT2D eigenvalue weighted by atomic mass is 19.1. The predicted octanol–water partition coefficient (Wildman–Crippen LogP) is 2.35. The summed E-state index contributed by atoms with van der Waals surface area (Å²) >= 11 is 0. The molecule has 0 aliphatic rings. The lowest BCUT2D eigenvalue weighted by Gasteiger charge is -2.11. The molecule has 4 nitrogen and oxygen atoms in total. The molecule has 0 radical (unpaired) electrons. The molecule has 0 atom stereocenters. The minimum Gasteiger partial charge on any atom is -0.380 e. The van der Waals surface area contributed by atoms with E-state index in [0.717, 1.165) is 44.1 Å². The van der Waals surface area contributed by atoms with E-state index in [4.69, 9.17) is 4.74 Å². The molecule has 0 saturated carbocycles. The molecule has 0 aliphatic carbocycles. The van der Waals surface area contributed by atoms with Crippen LogP contribution in [0.4, 0.5) is 4.39 Å². The summed E-state index contributed by atoms with van der Waals surface area (Å²) in [7, 11) is 0. The van der Waals surface area contributed by atoms with Gasteiger partial charge < -0.3 is 15.4 Å². The number of rotatable bonds is 9. The Morgan fingerprint density at radius 1 is 1.29 bits per heavy atom. The highest BCUT2D eigenvalue weighted by molar-refractivity contribution is 5.79. The van der Waals surface area contributed by atoms with Crippen molar-refractivity contribution >= 4 is 5.96 Å². The fourth-order valence-corrected chi connectivity index (χ4v) is 1.89. The van der Waals surface area contributed by atoms with Gasteiger partial charge in [0, 0.05) is 26.2 Å². The van der Waals surface area contributed by atoms with Gasteiger partial charge in [-0.25, -0.2) is 4.39 Å². The van der Waals surface area contributed by atoms with Crippen molar-refractivity contribution in [3.63, 3.8) is 0 Å². The standard InChI is InChI=1S/C16H26FN3O/c1-3-18-16(20-11-12-21-4-2)19-10-6-8-14-7-5-9-15(17)13-14/h5,7,9,13H,3-4,6,8,10-12H2,1-2H3,(H2,18,19,20). The first-order valence-electron chi connectivity index (χ1n) is 7.60. The predicted molar refractivity (Wildman–Crippen MR) is 85.2 cm³/mol. The van der Waals surface area contributed by atoms with Gasteiger partial charge in [-0.1, -0.05) is 12.1 Å². The molecular formula is C16H26FN3O. The molecule has 0 aliphatic heterocycles. The highest BCUT2D eigenvalue weighted by Gasteiger charge is 1.98. The summed E-state index contributed by atoms with van der Waals surface area (Å²) in [4.78, 5) is 4.49. The Kier molecular flexibility index (Phi) is 9.20. The lowest BCUT2D eigenvalue weighted by atomic mass is 10.1. The van der Waals surface area contributed by atoms with Crippen molar-refractivity contribution in [2.45, 2.75) is 26.7 Å². The van der Waals surface area contributed by atoms with Crippen molar-refractivity contribution in [1.82, 2.24) is 10.6 Å². The van der Waals surface area contributed by atoms with E-state index in [1.807, 2.05) is 19.9 Å². The van der Waals surface area contributed by atoms with Crippen LogP contribution in [0.3, 0.4) is 0 Å². The number of guanidine groups is 1. The first-order valence-corrected chi connectivity index (χ1v) is 7.60. The summed E-state index contributed by atoms with van der Waals surface area (Å²) in [6.07, 6.45) is 1.73. The molecule has 0 bridgehead atoms. The third-order valence-electron chi connectivity index (χ3n) is 2.87. The van der Waals surface area contributed by atoms with Gasteiger partial charge in [-0.2, -0.15) is 0 Å². The second kappa shape index (κ2) is 11.1. The van der Waals surface area contributed by atoms with Crippen LogP contribution in [0.5, 0.6) is 0 Å². The lowest BCUT2D eigenvalue weighted by molar-refractivity contribution is 0.152. The number of aliphatic imine (C=N–C) groups is 1. The van der Waals surface area contributed by atoms with Crippen LogP contribution in [0.2, 0.25) is 0 Å². The van der Waals surface area contributed by atoms with E-state index in [1.54, 1.807) is 12.1 Å². The Morgan fingerprint density at radius 3 is 2.86 bits per heavy atom. The topological polar surface area (TPSA) is 45.7 Å². The monoisotopic (exact) mass is 295 g/mol. The maximum Gasteiger partial charge on any atom is 0.191 e. The summed E-state index contributed by atoms with van der Waals surface area (Å²) in [6, 6.07) is 6.73. The maximum absolute atomic E-state index is 13.0. The third-order valence-corrected chi connectivity index (χ3v) is 2.87. The second-order valence-electron chi connectivity index (χ2n) is 4.62. The van der Waals surface area contributed by atoms with E-state index in [-0.39, 0.29) is 5.82 Å². The van der Waals surface area contributed by atoms with E-state index in [1.165, 1.54) is 6.07 Å². The summed E-state index contributed by atoms with van der Waals surface area (Å²) in [5, 5.41) is 6.41. The van der Waals surface area contributed by atoms with E-state index in [9.17, 15) is 4.39 Å². The summed E-state index contributed by atoms with van der Waals surface area (Å²) in [5.41, 5.74) is 1.01. The first-order chi connectivity index (χ1) is 10.3. The lowest BCUT2D eigenvalue weighted by Crippen LogP contribution is -2.39. The minimum absolute atomic E-state index is 0.179. The highest BCUT2D eigenvalue weighted by Crippen LogP contribution is 2.06. The molecule has 0 fully saturated rings. The smallest absolute Gasteiger partial charge is 0.191 e. The van der Waals surface area contributed by atoms with E-state index in [0.29, 0.717) is 13.2 Å². The quantitative estimate of drug-likeness (QED) is 0.417. The average Bonchev–Trinajstić information content (AvgIpc) is 2.48. The van der Waals surface area contributed by atoms with Crippen LogP contribution < -0.4 is 10.6 Å². The molecule has 0 aromatic heterocycles. The van der Waals surface area contributed by atoms with Gasteiger partial charge in [0.05, 0.1) is 6.61 Å². The molecule has 0 saturated heterocycles. The number of aryl methyl sites for hydroxylation is 1. The Morgan fingerprint density at radius 2 is 2.14 bits per heavy atom. The largest absolute Gasteiger partial charge is 0.380 e. The van der Waals surface area contributed by atoms with Crippen molar-refractivity contribution < 1.29 is 9.13 Å². The van der Waals surface area contributed by atoms with E-state index >= 15 is 0 Å².